The van der Waals surface area contributed by atoms with Crippen LogP contribution >= 0.6 is 0 Å². The topological polar surface area (TPSA) is 50.4 Å². The van der Waals surface area contributed by atoms with Crippen molar-refractivity contribution in [2.75, 3.05) is 13.7 Å². The van der Waals surface area contributed by atoms with E-state index in [9.17, 15) is 4.79 Å². The molecule has 1 aromatic rings. The van der Waals surface area contributed by atoms with E-state index in [1.807, 2.05) is 13.0 Å². The number of rotatable bonds is 4. The summed E-state index contributed by atoms with van der Waals surface area (Å²) in [5.41, 5.74) is 2.50. The van der Waals surface area contributed by atoms with E-state index in [0.29, 0.717) is 6.54 Å². The Hall–Kier alpha value is -1.71. The van der Waals surface area contributed by atoms with Crippen LogP contribution in [0, 0.1) is 0 Å². The summed E-state index contributed by atoms with van der Waals surface area (Å²) in [5, 5.41) is 5.91. The fraction of sp³-hybridized carbons (Fsp3) is 0.533. The molecular formula is C15H22N2O2. The van der Waals surface area contributed by atoms with E-state index in [1.165, 1.54) is 11.1 Å². The first-order valence-corrected chi connectivity index (χ1v) is 6.95. The van der Waals surface area contributed by atoms with Crippen molar-refractivity contribution in [3.05, 3.63) is 29.3 Å². The molecule has 4 nitrogen and oxygen atoms in total. The summed E-state index contributed by atoms with van der Waals surface area (Å²) in [6.45, 7) is 2.76. The number of hydrogen-bond donors (Lipinski definition) is 2. The Kier molecular flexibility index (Phi) is 4.66. The first-order chi connectivity index (χ1) is 9.24. The lowest BCUT2D eigenvalue weighted by atomic mass is 9.87. The molecule has 0 saturated carbocycles. The van der Waals surface area contributed by atoms with Gasteiger partial charge in [0.05, 0.1) is 13.2 Å². The van der Waals surface area contributed by atoms with E-state index < -0.39 is 0 Å². The highest BCUT2D eigenvalue weighted by molar-refractivity contribution is 5.74. The molecule has 0 fully saturated rings. The van der Waals surface area contributed by atoms with Gasteiger partial charge in [0.15, 0.2) is 0 Å². The van der Waals surface area contributed by atoms with Crippen LogP contribution in [0.25, 0.3) is 0 Å². The van der Waals surface area contributed by atoms with Crippen LogP contribution in [0.2, 0.25) is 0 Å². The standard InChI is InChI=1S/C15H22N2O2/c1-3-9-16-15(18)17-14-6-4-5-11-10-12(19-2)7-8-13(11)14/h7-8,10,14H,3-6,9H2,1-2H3,(H2,16,17,18). The zero-order chi connectivity index (χ0) is 13.7. The number of fused-ring (bicyclic) bond motifs is 1. The molecular weight excluding hydrogens is 240 g/mol. The second kappa shape index (κ2) is 6.45. The predicted molar refractivity (Wildman–Crippen MR) is 75.5 cm³/mol. The molecule has 1 atom stereocenters. The Morgan fingerprint density at radius 2 is 2.32 bits per heavy atom. The van der Waals surface area contributed by atoms with Gasteiger partial charge in [-0.3, -0.25) is 0 Å². The van der Waals surface area contributed by atoms with Crippen molar-refractivity contribution in [1.82, 2.24) is 10.6 Å². The van der Waals surface area contributed by atoms with Crippen molar-refractivity contribution >= 4 is 6.03 Å². The normalized spacial score (nSPS) is 17.5. The molecule has 1 aliphatic rings. The molecule has 0 radical (unpaired) electrons. The summed E-state index contributed by atoms with van der Waals surface area (Å²) < 4.78 is 5.25. The maximum Gasteiger partial charge on any atom is 0.315 e. The minimum Gasteiger partial charge on any atom is -0.497 e. The summed E-state index contributed by atoms with van der Waals surface area (Å²) in [7, 11) is 1.68. The zero-order valence-corrected chi connectivity index (χ0v) is 11.7. The highest BCUT2D eigenvalue weighted by atomic mass is 16.5. The number of carbonyl (C=O) groups excluding carboxylic acids is 1. The van der Waals surface area contributed by atoms with Gasteiger partial charge in [0.25, 0.3) is 0 Å². The minimum atomic E-state index is -0.0736. The van der Waals surface area contributed by atoms with Gasteiger partial charge in [-0.15, -0.1) is 0 Å². The molecule has 4 heteroatoms. The lowest BCUT2D eigenvalue weighted by Crippen LogP contribution is -2.39. The number of hydrogen-bond acceptors (Lipinski definition) is 2. The van der Waals surface area contributed by atoms with Gasteiger partial charge in [-0.1, -0.05) is 13.0 Å². The molecule has 2 N–H and O–H groups in total. The van der Waals surface area contributed by atoms with Crippen molar-refractivity contribution < 1.29 is 9.53 Å². The van der Waals surface area contributed by atoms with Crippen LogP contribution in [0.15, 0.2) is 18.2 Å². The molecule has 0 aliphatic heterocycles. The Labute approximate surface area is 114 Å². The van der Waals surface area contributed by atoms with Crippen molar-refractivity contribution in [2.24, 2.45) is 0 Å². The summed E-state index contributed by atoms with van der Waals surface area (Å²) in [6.07, 6.45) is 4.10. The van der Waals surface area contributed by atoms with Gasteiger partial charge in [-0.2, -0.15) is 0 Å². The third kappa shape index (κ3) is 3.40. The highest BCUT2D eigenvalue weighted by Gasteiger charge is 2.21. The maximum atomic E-state index is 11.8. The largest absolute Gasteiger partial charge is 0.497 e. The molecule has 0 saturated heterocycles. The lowest BCUT2D eigenvalue weighted by Gasteiger charge is -2.26. The number of methoxy groups -OCH3 is 1. The van der Waals surface area contributed by atoms with E-state index >= 15 is 0 Å². The van der Waals surface area contributed by atoms with Crippen LogP contribution in [0.4, 0.5) is 4.79 Å². The summed E-state index contributed by atoms with van der Waals surface area (Å²) in [5.74, 6) is 0.884. The Morgan fingerprint density at radius 1 is 1.47 bits per heavy atom. The second-order valence-corrected chi connectivity index (χ2v) is 4.91. The molecule has 104 valence electrons. The SMILES string of the molecule is CCCNC(=O)NC1CCCc2cc(OC)ccc21. The Morgan fingerprint density at radius 3 is 3.05 bits per heavy atom. The third-order valence-corrected chi connectivity index (χ3v) is 3.51. The minimum absolute atomic E-state index is 0.0736. The van der Waals surface area contributed by atoms with Crippen molar-refractivity contribution in [3.63, 3.8) is 0 Å². The van der Waals surface area contributed by atoms with Crippen LogP contribution in [0.5, 0.6) is 5.75 Å². The summed E-state index contributed by atoms with van der Waals surface area (Å²) >= 11 is 0. The van der Waals surface area contributed by atoms with Gasteiger partial charge in [-0.25, -0.2) is 4.79 Å². The monoisotopic (exact) mass is 262 g/mol. The molecule has 0 bridgehead atoms. The molecule has 1 aromatic carbocycles. The zero-order valence-electron chi connectivity index (χ0n) is 11.7. The first kappa shape index (κ1) is 13.7. The number of benzene rings is 1. The average molecular weight is 262 g/mol. The Balaban J connectivity index is 2.07. The van der Waals surface area contributed by atoms with E-state index in [4.69, 9.17) is 4.74 Å². The number of ether oxygens (including phenoxy) is 1. The Bertz CT molecular complexity index is 446. The van der Waals surface area contributed by atoms with Crippen LogP contribution < -0.4 is 15.4 Å². The smallest absolute Gasteiger partial charge is 0.315 e. The van der Waals surface area contributed by atoms with E-state index in [-0.39, 0.29) is 12.1 Å². The van der Waals surface area contributed by atoms with E-state index in [2.05, 4.69) is 22.8 Å². The molecule has 2 rings (SSSR count). The highest BCUT2D eigenvalue weighted by Crippen LogP contribution is 2.32. The third-order valence-electron chi connectivity index (χ3n) is 3.51. The van der Waals surface area contributed by atoms with Crippen molar-refractivity contribution in [1.29, 1.82) is 0 Å². The van der Waals surface area contributed by atoms with Crippen LogP contribution in [-0.2, 0) is 6.42 Å². The maximum absolute atomic E-state index is 11.8. The van der Waals surface area contributed by atoms with E-state index in [1.54, 1.807) is 7.11 Å². The van der Waals surface area contributed by atoms with Crippen LogP contribution in [-0.4, -0.2) is 19.7 Å². The molecule has 0 aromatic heterocycles. The van der Waals surface area contributed by atoms with Gasteiger partial charge in [0.2, 0.25) is 0 Å². The number of urea groups is 1. The lowest BCUT2D eigenvalue weighted by molar-refractivity contribution is 0.235. The van der Waals surface area contributed by atoms with E-state index in [0.717, 1.165) is 31.4 Å². The van der Waals surface area contributed by atoms with Gasteiger partial charge in [0.1, 0.15) is 5.75 Å². The van der Waals surface area contributed by atoms with Gasteiger partial charge < -0.3 is 15.4 Å². The molecule has 2 amide bonds. The molecule has 0 heterocycles. The van der Waals surface area contributed by atoms with Crippen molar-refractivity contribution in [3.8, 4) is 5.75 Å². The van der Waals surface area contributed by atoms with Gasteiger partial charge in [0, 0.05) is 6.54 Å². The fourth-order valence-electron chi connectivity index (χ4n) is 2.52. The molecule has 1 unspecified atom stereocenters. The summed E-state index contributed by atoms with van der Waals surface area (Å²) in [4.78, 5) is 11.8. The number of carbonyl (C=O) groups is 1. The quantitative estimate of drug-likeness (QED) is 0.876. The molecule has 0 spiro atoms. The molecule has 1 aliphatic carbocycles. The number of nitrogens with one attached hydrogen (secondary N) is 2. The van der Waals surface area contributed by atoms with Gasteiger partial charge >= 0.3 is 6.03 Å². The average Bonchev–Trinajstić information content (AvgIpc) is 2.44. The first-order valence-electron chi connectivity index (χ1n) is 6.95. The van der Waals surface area contributed by atoms with Crippen molar-refractivity contribution in [2.45, 2.75) is 38.6 Å². The summed E-state index contributed by atoms with van der Waals surface area (Å²) in [6, 6.07) is 6.15. The predicted octanol–water partition coefficient (Wildman–Crippen LogP) is 2.78. The number of aryl methyl sites for hydroxylation is 1. The second-order valence-electron chi connectivity index (χ2n) is 4.91. The fourth-order valence-corrected chi connectivity index (χ4v) is 2.52. The van der Waals surface area contributed by atoms with Crippen LogP contribution in [0.3, 0.4) is 0 Å². The van der Waals surface area contributed by atoms with Crippen LogP contribution in [0.1, 0.15) is 43.4 Å². The number of amides is 2. The molecule has 19 heavy (non-hydrogen) atoms. The van der Waals surface area contributed by atoms with Gasteiger partial charge in [-0.05, 0) is 48.9 Å².